The molecule has 4 rings (SSSR count). The summed E-state index contributed by atoms with van der Waals surface area (Å²) in [6, 6.07) is 8.44. The minimum absolute atomic E-state index is 0.00716. The van der Waals surface area contributed by atoms with Gasteiger partial charge in [-0.15, -0.1) is 0 Å². The summed E-state index contributed by atoms with van der Waals surface area (Å²) in [4.78, 5) is 63.6. The van der Waals surface area contributed by atoms with Gasteiger partial charge in [-0.3, -0.25) is 34.2 Å². The maximum atomic E-state index is 12.7. The number of hydrogen-bond donors (Lipinski definition) is 1. The standard InChI is InChI=1S/C26H28N4O8/c1-37-21-8-5-16(14-22(21)38-2)24(32)27-17-9-12-28(13-10-17)23(31)4-3-11-29-25(33)19-7-6-18(30(35)36)15-20(19)26(29)34/h5-8,14-15,17H,3-4,9-13H2,1-2H3,(H,27,32). The number of benzene rings is 2. The lowest BCUT2D eigenvalue weighted by Gasteiger charge is -2.32. The van der Waals surface area contributed by atoms with Crippen molar-refractivity contribution in [3.63, 3.8) is 0 Å². The van der Waals surface area contributed by atoms with Crippen molar-refractivity contribution in [2.75, 3.05) is 33.9 Å². The van der Waals surface area contributed by atoms with Crippen molar-refractivity contribution in [3.05, 3.63) is 63.2 Å². The van der Waals surface area contributed by atoms with Gasteiger partial charge in [0.1, 0.15) is 0 Å². The predicted octanol–water partition coefficient (Wildman–Crippen LogP) is 2.41. The summed E-state index contributed by atoms with van der Waals surface area (Å²) in [6.45, 7) is 1.00. The van der Waals surface area contributed by atoms with Crippen LogP contribution in [0.5, 0.6) is 11.5 Å². The summed E-state index contributed by atoms with van der Waals surface area (Å²) in [7, 11) is 3.02. The molecule has 2 aliphatic heterocycles. The number of non-ortho nitro benzene ring substituents is 1. The molecule has 4 amide bonds. The van der Waals surface area contributed by atoms with Crippen LogP contribution in [0.3, 0.4) is 0 Å². The Morgan fingerprint density at radius 2 is 1.68 bits per heavy atom. The van der Waals surface area contributed by atoms with Crippen LogP contribution in [0, 0.1) is 10.1 Å². The molecule has 0 aromatic heterocycles. The summed E-state index contributed by atoms with van der Waals surface area (Å²) >= 11 is 0. The van der Waals surface area contributed by atoms with E-state index in [2.05, 4.69) is 5.32 Å². The number of likely N-dealkylation sites (tertiary alicyclic amines) is 1. The summed E-state index contributed by atoms with van der Waals surface area (Å²) in [5, 5.41) is 14.0. The number of nitro groups is 1. The number of nitro benzene ring substituents is 1. The van der Waals surface area contributed by atoms with E-state index in [1.54, 1.807) is 23.1 Å². The van der Waals surface area contributed by atoms with Gasteiger partial charge in [0.2, 0.25) is 5.91 Å². The highest BCUT2D eigenvalue weighted by molar-refractivity contribution is 6.21. The largest absolute Gasteiger partial charge is 0.493 e. The third-order valence-electron chi connectivity index (χ3n) is 6.77. The molecule has 2 aromatic carbocycles. The molecule has 0 radical (unpaired) electrons. The first kappa shape index (κ1) is 26.6. The van der Waals surface area contributed by atoms with E-state index in [1.807, 2.05) is 0 Å². The number of methoxy groups -OCH3 is 2. The Bertz CT molecular complexity index is 1290. The zero-order valence-corrected chi connectivity index (χ0v) is 21.1. The van der Waals surface area contributed by atoms with E-state index in [0.717, 1.165) is 11.0 Å². The van der Waals surface area contributed by atoms with Gasteiger partial charge in [-0.25, -0.2) is 0 Å². The van der Waals surface area contributed by atoms with E-state index in [1.165, 1.54) is 26.4 Å². The van der Waals surface area contributed by atoms with Gasteiger partial charge in [-0.05, 0) is 43.5 Å². The van der Waals surface area contributed by atoms with Crippen molar-refractivity contribution >= 4 is 29.3 Å². The Balaban J connectivity index is 1.23. The number of imide groups is 1. The van der Waals surface area contributed by atoms with Gasteiger partial charge in [0.15, 0.2) is 11.5 Å². The van der Waals surface area contributed by atoms with Crippen LogP contribution in [0.1, 0.15) is 56.8 Å². The predicted molar refractivity (Wildman–Crippen MR) is 134 cm³/mol. The first-order valence-electron chi connectivity index (χ1n) is 12.2. The molecule has 1 saturated heterocycles. The highest BCUT2D eigenvalue weighted by Gasteiger charge is 2.36. The van der Waals surface area contributed by atoms with Gasteiger partial charge < -0.3 is 19.7 Å². The molecule has 0 aliphatic carbocycles. The average Bonchev–Trinajstić information content (AvgIpc) is 3.17. The zero-order chi connectivity index (χ0) is 27.4. The summed E-state index contributed by atoms with van der Waals surface area (Å²) < 4.78 is 10.4. The normalized spacial score (nSPS) is 15.3. The molecule has 0 atom stereocenters. The van der Waals surface area contributed by atoms with Gasteiger partial charge in [0.05, 0.1) is 30.3 Å². The second kappa shape index (κ2) is 11.3. The van der Waals surface area contributed by atoms with Crippen molar-refractivity contribution in [3.8, 4) is 11.5 Å². The van der Waals surface area contributed by atoms with E-state index < -0.39 is 16.7 Å². The first-order chi connectivity index (χ1) is 18.2. The van der Waals surface area contributed by atoms with Gasteiger partial charge >= 0.3 is 0 Å². The average molecular weight is 525 g/mol. The van der Waals surface area contributed by atoms with Gasteiger partial charge in [-0.1, -0.05) is 0 Å². The highest BCUT2D eigenvalue weighted by Crippen LogP contribution is 2.28. The molecule has 2 aromatic rings. The number of amides is 4. The molecule has 0 unspecified atom stereocenters. The molecule has 38 heavy (non-hydrogen) atoms. The lowest BCUT2D eigenvalue weighted by molar-refractivity contribution is -0.384. The smallest absolute Gasteiger partial charge is 0.270 e. The van der Waals surface area contributed by atoms with Crippen LogP contribution in [-0.2, 0) is 4.79 Å². The summed E-state index contributed by atoms with van der Waals surface area (Å²) in [5.74, 6) is -0.444. The molecule has 0 saturated carbocycles. The van der Waals surface area contributed by atoms with Crippen LogP contribution in [-0.4, -0.2) is 78.2 Å². The second-order valence-corrected chi connectivity index (χ2v) is 9.05. The Labute approximate surface area is 218 Å². The number of hydrogen-bond acceptors (Lipinski definition) is 8. The monoisotopic (exact) mass is 524 g/mol. The number of ether oxygens (including phenoxy) is 2. The van der Waals surface area contributed by atoms with E-state index in [4.69, 9.17) is 9.47 Å². The van der Waals surface area contributed by atoms with Crippen LogP contribution in [0.15, 0.2) is 36.4 Å². The molecule has 200 valence electrons. The second-order valence-electron chi connectivity index (χ2n) is 9.05. The maximum Gasteiger partial charge on any atom is 0.270 e. The van der Waals surface area contributed by atoms with Crippen LogP contribution in [0.2, 0.25) is 0 Å². The number of carbonyl (C=O) groups excluding carboxylic acids is 4. The number of fused-ring (bicyclic) bond motifs is 1. The van der Waals surface area contributed by atoms with Crippen LogP contribution in [0.25, 0.3) is 0 Å². The molecule has 12 nitrogen and oxygen atoms in total. The zero-order valence-electron chi connectivity index (χ0n) is 21.1. The molecule has 1 N–H and O–H groups in total. The Morgan fingerprint density at radius 3 is 2.34 bits per heavy atom. The number of carbonyl (C=O) groups is 4. The number of nitrogens with zero attached hydrogens (tertiary/aromatic N) is 3. The Morgan fingerprint density at radius 1 is 1.00 bits per heavy atom. The van der Waals surface area contributed by atoms with Crippen molar-refractivity contribution in [1.82, 2.24) is 15.1 Å². The van der Waals surface area contributed by atoms with Crippen molar-refractivity contribution < 1.29 is 33.6 Å². The molecule has 1 fully saturated rings. The van der Waals surface area contributed by atoms with Gasteiger partial charge in [-0.2, -0.15) is 0 Å². The molecule has 0 bridgehead atoms. The van der Waals surface area contributed by atoms with E-state index in [9.17, 15) is 29.3 Å². The number of nitrogens with one attached hydrogen (secondary N) is 1. The van der Waals surface area contributed by atoms with Crippen molar-refractivity contribution in [2.45, 2.75) is 31.7 Å². The lowest BCUT2D eigenvalue weighted by atomic mass is 10.0. The van der Waals surface area contributed by atoms with Crippen LogP contribution < -0.4 is 14.8 Å². The van der Waals surface area contributed by atoms with Gasteiger partial charge in [0, 0.05) is 49.8 Å². The summed E-state index contributed by atoms with van der Waals surface area (Å²) in [5.41, 5.74) is 0.325. The Hall–Kier alpha value is -4.48. The maximum absolute atomic E-state index is 12.7. The number of piperidine rings is 1. The molecular weight excluding hydrogens is 496 g/mol. The minimum Gasteiger partial charge on any atom is -0.493 e. The van der Waals surface area contributed by atoms with E-state index in [-0.39, 0.29) is 54.1 Å². The van der Waals surface area contributed by atoms with Crippen LogP contribution in [0.4, 0.5) is 5.69 Å². The molecule has 2 aliphatic rings. The van der Waals surface area contributed by atoms with Gasteiger partial charge in [0.25, 0.3) is 23.4 Å². The topological polar surface area (TPSA) is 148 Å². The lowest BCUT2D eigenvalue weighted by Crippen LogP contribution is -2.46. The fourth-order valence-corrected chi connectivity index (χ4v) is 4.66. The molecule has 2 heterocycles. The van der Waals surface area contributed by atoms with Crippen molar-refractivity contribution in [2.24, 2.45) is 0 Å². The molecule has 12 heteroatoms. The van der Waals surface area contributed by atoms with Crippen LogP contribution >= 0.6 is 0 Å². The minimum atomic E-state index is -0.621. The van der Waals surface area contributed by atoms with E-state index >= 15 is 0 Å². The first-order valence-corrected chi connectivity index (χ1v) is 12.2. The summed E-state index contributed by atoms with van der Waals surface area (Å²) in [6.07, 6.45) is 1.63. The SMILES string of the molecule is COc1ccc(C(=O)NC2CCN(C(=O)CCCN3C(=O)c4ccc([N+](=O)[O-])cc4C3=O)CC2)cc1OC. The molecular formula is C26H28N4O8. The van der Waals surface area contributed by atoms with E-state index in [0.29, 0.717) is 43.0 Å². The fourth-order valence-electron chi connectivity index (χ4n) is 4.66. The highest BCUT2D eigenvalue weighted by atomic mass is 16.6. The molecule has 0 spiro atoms. The third kappa shape index (κ3) is 5.43. The third-order valence-corrected chi connectivity index (χ3v) is 6.77. The fraction of sp³-hybridized carbons (Fsp3) is 0.385. The van der Waals surface area contributed by atoms with Crippen molar-refractivity contribution in [1.29, 1.82) is 0 Å². The Kier molecular flexibility index (Phi) is 7.89. The number of rotatable bonds is 9. The quantitative estimate of drug-likeness (QED) is 0.299.